The van der Waals surface area contributed by atoms with Crippen LogP contribution in [-0.2, 0) is 0 Å². The van der Waals surface area contributed by atoms with Crippen molar-refractivity contribution in [3.63, 3.8) is 0 Å². The van der Waals surface area contributed by atoms with Crippen LogP contribution in [0.2, 0.25) is 0 Å². The normalized spacial score (nSPS) is 9.60. The number of aromatic carboxylic acids is 1. The van der Waals surface area contributed by atoms with E-state index in [-0.39, 0.29) is 5.95 Å². The van der Waals surface area contributed by atoms with Gasteiger partial charge in [0.05, 0.1) is 0 Å². The first-order valence-corrected chi connectivity index (χ1v) is 2.32. The molecular weight excluding hydrogens is 138 g/mol. The van der Waals surface area contributed by atoms with Crippen LogP contribution in [0.5, 0.6) is 0 Å². The highest BCUT2D eigenvalue weighted by Gasteiger charge is 2.10. The van der Waals surface area contributed by atoms with Gasteiger partial charge in [-0.15, -0.1) is 9.89 Å². The van der Waals surface area contributed by atoms with E-state index >= 15 is 0 Å². The third-order valence-electron chi connectivity index (χ3n) is 0.849. The number of anilines is 1. The Morgan fingerprint density at radius 2 is 2.30 bits per heavy atom. The Balaban J connectivity index is 3.10. The molecule has 0 aliphatic heterocycles. The van der Waals surface area contributed by atoms with Crippen LogP contribution >= 0.6 is 0 Å². The number of nitrogens with zero attached hydrogens (tertiary/aromatic N) is 3. The fourth-order valence-corrected chi connectivity index (χ4v) is 0.426. The number of rotatable bonds is 1. The van der Waals surface area contributed by atoms with Crippen LogP contribution in [0.4, 0.5) is 5.95 Å². The van der Waals surface area contributed by atoms with Crippen LogP contribution in [-0.4, -0.2) is 25.9 Å². The fourth-order valence-electron chi connectivity index (χ4n) is 0.426. The summed E-state index contributed by atoms with van der Waals surface area (Å²) in [7, 11) is 0. The molecule has 0 unspecified atom stereocenters. The van der Waals surface area contributed by atoms with Crippen molar-refractivity contribution in [3.05, 3.63) is 5.82 Å². The summed E-state index contributed by atoms with van der Waals surface area (Å²) in [5.41, 5.74) is 5.08. The third-order valence-corrected chi connectivity index (χ3v) is 0.849. The Morgan fingerprint density at radius 3 is 2.50 bits per heavy atom. The van der Waals surface area contributed by atoms with E-state index in [2.05, 4.69) is 10.1 Å². The minimum atomic E-state index is -1.25. The van der Waals surface area contributed by atoms with E-state index in [9.17, 15) is 4.79 Å². The molecule has 0 aliphatic carbocycles. The van der Waals surface area contributed by atoms with Crippen molar-refractivity contribution in [2.24, 2.45) is 0 Å². The maximum Gasteiger partial charge on any atom is 0.375 e. The largest absolute Gasteiger partial charge is 0.475 e. The second-order valence-electron chi connectivity index (χ2n) is 1.54. The van der Waals surface area contributed by atoms with Crippen molar-refractivity contribution < 1.29 is 9.90 Å². The molecule has 0 saturated heterocycles. The van der Waals surface area contributed by atoms with Crippen molar-refractivity contribution in [3.8, 4) is 0 Å². The summed E-state index contributed by atoms with van der Waals surface area (Å²) in [6, 6.07) is 0. The molecule has 7 heteroatoms. The van der Waals surface area contributed by atoms with E-state index in [1.165, 1.54) is 0 Å². The second-order valence-corrected chi connectivity index (χ2v) is 1.54. The first-order chi connectivity index (χ1) is 4.61. The zero-order valence-electron chi connectivity index (χ0n) is 4.85. The third kappa shape index (κ3) is 0.835. The van der Waals surface area contributed by atoms with Crippen LogP contribution in [0.25, 0.3) is 0 Å². The van der Waals surface area contributed by atoms with E-state index in [1.54, 1.807) is 0 Å². The van der Waals surface area contributed by atoms with Gasteiger partial charge in [-0.05, 0) is 0 Å². The number of hydrogen-bond donors (Lipinski definition) is 3. The van der Waals surface area contributed by atoms with Crippen LogP contribution in [0.15, 0.2) is 0 Å². The van der Waals surface area contributed by atoms with Gasteiger partial charge in [-0.1, -0.05) is 0 Å². The van der Waals surface area contributed by atoms with E-state index in [4.69, 9.17) is 16.7 Å². The molecule has 1 aromatic heterocycles. The maximum absolute atomic E-state index is 10.1. The fraction of sp³-hybridized carbons (Fsp3) is 0. The predicted molar refractivity (Wildman–Crippen MR) is 31.5 cm³/mol. The number of carboxylic acid groups (broad SMARTS) is 1. The van der Waals surface area contributed by atoms with E-state index in [0.29, 0.717) is 4.79 Å². The number of hydrogen-bond acceptors (Lipinski definition) is 5. The quantitative estimate of drug-likeness (QED) is 0.402. The van der Waals surface area contributed by atoms with Crippen molar-refractivity contribution in [2.75, 3.05) is 11.6 Å². The summed E-state index contributed by atoms with van der Waals surface area (Å²) in [5, 5.41) is 11.5. The van der Waals surface area contributed by atoms with E-state index < -0.39 is 11.8 Å². The van der Waals surface area contributed by atoms with Gasteiger partial charge in [0.2, 0.25) is 5.95 Å². The van der Waals surface area contributed by atoms with E-state index in [0.717, 1.165) is 0 Å². The van der Waals surface area contributed by atoms with Crippen molar-refractivity contribution in [2.45, 2.75) is 0 Å². The van der Waals surface area contributed by atoms with Gasteiger partial charge in [0.25, 0.3) is 5.82 Å². The standard InChI is InChI=1S/C3H5N5O2/c4-3-6-1(2(9)10)7-8(3)5/h5H2,(H,9,10)(H2,4,6,7). The van der Waals surface area contributed by atoms with Gasteiger partial charge >= 0.3 is 5.97 Å². The van der Waals surface area contributed by atoms with Gasteiger partial charge in [-0.25, -0.2) is 4.79 Å². The minimum Gasteiger partial charge on any atom is -0.475 e. The zero-order chi connectivity index (χ0) is 7.72. The highest BCUT2D eigenvalue weighted by molar-refractivity contribution is 5.83. The molecule has 1 aromatic rings. The van der Waals surface area contributed by atoms with Crippen molar-refractivity contribution in [1.82, 2.24) is 14.9 Å². The Kier molecular flexibility index (Phi) is 1.18. The molecule has 1 rings (SSSR count). The summed E-state index contributed by atoms with van der Waals surface area (Å²) in [6.45, 7) is 0. The molecule has 5 N–H and O–H groups in total. The monoisotopic (exact) mass is 143 g/mol. The topological polar surface area (TPSA) is 120 Å². The van der Waals surface area contributed by atoms with Crippen LogP contribution in [0.3, 0.4) is 0 Å². The molecule has 7 nitrogen and oxygen atoms in total. The van der Waals surface area contributed by atoms with Crippen LogP contribution in [0.1, 0.15) is 10.6 Å². The average Bonchev–Trinajstić information content (AvgIpc) is 2.13. The molecule has 0 saturated carbocycles. The first-order valence-electron chi connectivity index (χ1n) is 2.32. The molecule has 54 valence electrons. The molecule has 0 aliphatic rings. The van der Waals surface area contributed by atoms with Gasteiger partial charge in [0, 0.05) is 0 Å². The minimum absolute atomic E-state index is 0.127. The summed E-state index contributed by atoms with van der Waals surface area (Å²) in [4.78, 5) is 14.1. The maximum atomic E-state index is 10.1. The van der Waals surface area contributed by atoms with Gasteiger partial charge < -0.3 is 16.7 Å². The average molecular weight is 143 g/mol. The molecule has 0 amide bonds. The Morgan fingerprint density at radius 1 is 1.70 bits per heavy atom. The SMILES string of the molecule is Nc1nc(C(=O)O)nn1N. The Hall–Kier alpha value is -1.79. The number of carboxylic acids is 1. The Bertz CT molecular complexity index is 246. The molecule has 1 heterocycles. The summed E-state index contributed by atoms with van der Waals surface area (Å²) >= 11 is 0. The van der Waals surface area contributed by atoms with Gasteiger partial charge in [-0.2, -0.15) is 4.98 Å². The first kappa shape index (κ1) is 6.33. The summed E-state index contributed by atoms with van der Waals surface area (Å²) in [5.74, 6) is 3.25. The molecule has 0 fully saturated rings. The van der Waals surface area contributed by atoms with Crippen molar-refractivity contribution >= 4 is 11.9 Å². The lowest BCUT2D eigenvalue weighted by atomic mass is 10.6. The van der Waals surface area contributed by atoms with Crippen molar-refractivity contribution in [1.29, 1.82) is 0 Å². The van der Waals surface area contributed by atoms with Gasteiger partial charge in [0.1, 0.15) is 0 Å². The molecular formula is C3H5N5O2. The second kappa shape index (κ2) is 1.87. The molecule has 0 atom stereocenters. The molecule has 0 bridgehead atoms. The van der Waals surface area contributed by atoms with Crippen LogP contribution < -0.4 is 11.6 Å². The smallest absolute Gasteiger partial charge is 0.375 e. The molecule has 10 heavy (non-hydrogen) atoms. The van der Waals surface area contributed by atoms with Crippen LogP contribution in [0, 0.1) is 0 Å². The Labute approximate surface area is 55.2 Å². The van der Waals surface area contributed by atoms with Gasteiger partial charge in [-0.3, -0.25) is 0 Å². The predicted octanol–water partition coefficient (Wildman–Crippen LogP) is -1.73. The number of nitrogen functional groups attached to an aromatic ring is 2. The highest BCUT2D eigenvalue weighted by Crippen LogP contribution is 1.93. The number of aromatic nitrogens is 3. The zero-order valence-corrected chi connectivity index (χ0v) is 4.85. The number of nitrogens with two attached hydrogens (primary N) is 2. The summed E-state index contributed by atoms with van der Waals surface area (Å²) in [6.07, 6.45) is 0. The van der Waals surface area contributed by atoms with E-state index in [1.807, 2.05) is 0 Å². The molecule has 0 aromatic carbocycles. The van der Waals surface area contributed by atoms with Gasteiger partial charge in [0.15, 0.2) is 0 Å². The number of carbonyl (C=O) groups is 1. The summed E-state index contributed by atoms with van der Waals surface area (Å²) < 4.78 is 0. The molecule has 0 spiro atoms. The highest BCUT2D eigenvalue weighted by atomic mass is 16.4. The lowest BCUT2D eigenvalue weighted by molar-refractivity contribution is 0.0683. The molecule has 0 radical (unpaired) electrons. The lowest BCUT2D eigenvalue weighted by Gasteiger charge is -1.85. The lowest BCUT2D eigenvalue weighted by Crippen LogP contribution is -2.13.